The lowest BCUT2D eigenvalue weighted by molar-refractivity contribution is -0.154. The number of ether oxygens (including phenoxy) is 4. The zero-order chi connectivity index (χ0) is 12.8. The highest BCUT2D eigenvalue weighted by Gasteiger charge is 2.26. The average molecular weight is 259 g/mol. The summed E-state index contributed by atoms with van der Waals surface area (Å²) in [4.78, 5) is 13.5. The van der Waals surface area contributed by atoms with E-state index in [2.05, 4.69) is 9.64 Å². The molecule has 2 unspecified atom stereocenters. The van der Waals surface area contributed by atoms with Gasteiger partial charge < -0.3 is 18.9 Å². The lowest BCUT2D eigenvalue weighted by Gasteiger charge is -2.35. The topological polar surface area (TPSA) is 57.2 Å². The van der Waals surface area contributed by atoms with Crippen molar-refractivity contribution in [1.29, 1.82) is 0 Å². The van der Waals surface area contributed by atoms with Gasteiger partial charge in [-0.15, -0.1) is 0 Å². The van der Waals surface area contributed by atoms with Crippen LogP contribution in [-0.2, 0) is 23.7 Å². The van der Waals surface area contributed by atoms with E-state index in [1.54, 1.807) is 0 Å². The predicted octanol–water partition coefficient (Wildman–Crippen LogP) is 0.0133. The molecular formula is C12H21NO5. The number of carbonyl (C=O) groups excluding carboxylic acids is 1. The molecule has 0 aromatic carbocycles. The van der Waals surface area contributed by atoms with E-state index < -0.39 is 0 Å². The molecule has 2 aliphatic rings. The monoisotopic (exact) mass is 259 g/mol. The first-order valence-electron chi connectivity index (χ1n) is 6.38. The van der Waals surface area contributed by atoms with Crippen molar-refractivity contribution < 1.29 is 23.7 Å². The number of carbonyl (C=O) groups is 1. The Morgan fingerprint density at radius 2 is 2.22 bits per heavy atom. The molecule has 2 heterocycles. The van der Waals surface area contributed by atoms with Crippen molar-refractivity contribution in [3.63, 3.8) is 0 Å². The summed E-state index contributed by atoms with van der Waals surface area (Å²) in [5, 5.41) is 0. The molecule has 0 aromatic rings. The lowest BCUT2D eigenvalue weighted by atomic mass is 10.1. The van der Waals surface area contributed by atoms with Crippen molar-refractivity contribution in [2.24, 2.45) is 0 Å². The minimum atomic E-state index is -0.218. The Morgan fingerprint density at radius 3 is 2.94 bits per heavy atom. The van der Waals surface area contributed by atoms with E-state index in [0.717, 1.165) is 32.7 Å². The van der Waals surface area contributed by atoms with Gasteiger partial charge in [0.05, 0.1) is 39.0 Å². The maximum absolute atomic E-state index is 11.2. The molecular weight excluding hydrogens is 238 g/mol. The average Bonchev–Trinajstić information content (AvgIpc) is 2.40. The van der Waals surface area contributed by atoms with Gasteiger partial charge in [-0.05, 0) is 6.42 Å². The van der Waals surface area contributed by atoms with E-state index >= 15 is 0 Å². The van der Waals surface area contributed by atoms with Crippen LogP contribution < -0.4 is 0 Å². The standard InChI is InChI=1S/C12H21NO5/c1-15-12(14)6-11-8-13(3-5-17-11)7-10-2-4-16-9-18-10/h10-11H,2-9H2,1H3. The summed E-state index contributed by atoms with van der Waals surface area (Å²) < 4.78 is 20.9. The van der Waals surface area contributed by atoms with Crippen LogP contribution in [0.3, 0.4) is 0 Å². The van der Waals surface area contributed by atoms with Crippen molar-refractivity contribution in [3.05, 3.63) is 0 Å². The van der Waals surface area contributed by atoms with Crippen LogP contribution in [0.15, 0.2) is 0 Å². The van der Waals surface area contributed by atoms with Crippen molar-refractivity contribution in [1.82, 2.24) is 4.90 Å². The molecule has 104 valence electrons. The lowest BCUT2D eigenvalue weighted by Crippen LogP contribution is -2.47. The molecule has 0 bridgehead atoms. The SMILES string of the molecule is COC(=O)CC1CN(CC2CCOCO2)CCO1. The van der Waals surface area contributed by atoms with Crippen molar-refractivity contribution in [3.8, 4) is 0 Å². The summed E-state index contributed by atoms with van der Waals surface area (Å²) in [6, 6.07) is 0. The van der Waals surface area contributed by atoms with Crippen molar-refractivity contribution in [2.45, 2.75) is 25.0 Å². The predicted molar refractivity (Wildman–Crippen MR) is 63.1 cm³/mol. The second-order valence-corrected chi connectivity index (χ2v) is 4.64. The fourth-order valence-corrected chi connectivity index (χ4v) is 2.27. The zero-order valence-electron chi connectivity index (χ0n) is 10.8. The molecule has 0 aliphatic carbocycles. The fraction of sp³-hybridized carbons (Fsp3) is 0.917. The highest BCUT2D eigenvalue weighted by molar-refractivity contribution is 5.69. The Balaban J connectivity index is 1.73. The highest BCUT2D eigenvalue weighted by Crippen LogP contribution is 2.13. The Kier molecular flexibility index (Phi) is 5.37. The van der Waals surface area contributed by atoms with Gasteiger partial charge in [-0.25, -0.2) is 0 Å². The Bertz CT molecular complexity index is 267. The molecule has 0 aromatic heterocycles. The third-order valence-electron chi connectivity index (χ3n) is 3.28. The third kappa shape index (κ3) is 4.20. The van der Waals surface area contributed by atoms with Gasteiger partial charge in [-0.3, -0.25) is 9.69 Å². The van der Waals surface area contributed by atoms with Crippen LogP contribution in [0.25, 0.3) is 0 Å². The molecule has 2 fully saturated rings. The van der Waals surface area contributed by atoms with Gasteiger partial charge in [0.15, 0.2) is 0 Å². The van der Waals surface area contributed by atoms with Crippen molar-refractivity contribution >= 4 is 5.97 Å². The summed E-state index contributed by atoms with van der Waals surface area (Å²) in [5.74, 6) is -0.218. The summed E-state index contributed by atoms with van der Waals surface area (Å²) in [7, 11) is 1.40. The van der Waals surface area contributed by atoms with E-state index in [1.807, 2.05) is 0 Å². The Hall–Kier alpha value is -0.690. The largest absolute Gasteiger partial charge is 0.469 e. The van der Waals surface area contributed by atoms with Gasteiger partial charge in [-0.1, -0.05) is 0 Å². The number of morpholine rings is 1. The summed E-state index contributed by atoms with van der Waals surface area (Å²) in [5.41, 5.74) is 0. The van der Waals surface area contributed by atoms with Crippen LogP contribution in [0.4, 0.5) is 0 Å². The molecule has 2 saturated heterocycles. The molecule has 18 heavy (non-hydrogen) atoms. The molecule has 2 aliphatic heterocycles. The van der Waals surface area contributed by atoms with E-state index in [-0.39, 0.29) is 18.2 Å². The molecule has 6 nitrogen and oxygen atoms in total. The smallest absolute Gasteiger partial charge is 0.308 e. The number of hydrogen-bond donors (Lipinski definition) is 0. The number of methoxy groups -OCH3 is 1. The van der Waals surface area contributed by atoms with Gasteiger partial charge in [0.1, 0.15) is 6.79 Å². The molecule has 2 atom stereocenters. The van der Waals surface area contributed by atoms with Crippen LogP contribution in [0.2, 0.25) is 0 Å². The molecule has 2 rings (SSSR count). The van der Waals surface area contributed by atoms with E-state index in [1.165, 1.54) is 7.11 Å². The number of nitrogens with zero attached hydrogens (tertiary/aromatic N) is 1. The first kappa shape index (κ1) is 13.7. The zero-order valence-corrected chi connectivity index (χ0v) is 10.8. The van der Waals surface area contributed by atoms with Crippen LogP contribution in [-0.4, -0.2) is 69.8 Å². The number of esters is 1. The van der Waals surface area contributed by atoms with E-state index in [0.29, 0.717) is 19.8 Å². The quantitative estimate of drug-likeness (QED) is 0.663. The van der Waals surface area contributed by atoms with Crippen LogP contribution in [0, 0.1) is 0 Å². The molecule has 6 heteroatoms. The van der Waals surface area contributed by atoms with Gasteiger partial charge in [0.25, 0.3) is 0 Å². The molecule has 0 spiro atoms. The molecule has 0 amide bonds. The Labute approximate surface area is 107 Å². The number of hydrogen-bond acceptors (Lipinski definition) is 6. The summed E-state index contributed by atoms with van der Waals surface area (Å²) >= 11 is 0. The Morgan fingerprint density at radius 1 is 1.33 bits per heavy atom. The molecule has 0 saturated carbocycles. The second kappa shape index (κ2) is 7.04. The van der Waals surface area contributed by atoms with Gasteiger partial charge in [0.2, 0.25) is 0 Å². The summed E-state index contributed by atoms with van der Waals surface area (Å²) in [6.07, 6.45) is 1.42. The fourth-order valence-electron chi connectivity index (χ4n) is 2.27. The van der Waals surface area contributed by atoms with Crippen LogP contribution >= 0.6 is 0 Å². The van der Waals surface area contributed by atoms with Crippen LogP contribution in [0.5, 0.6) is 0 Å². The minimum absolute atomic E-state index is 0.0639. The molecule has 0 radical (unpaired) electrons. The van der Waals surface area contributed by atoms with Gasteiger partial charge in [-0.2, -0.15) is 0 Å². The van der Waals surface area contributed by atoms with Crippen LogP contribution in [0.1, 0.15) is 12.8 Å². The normalized spacial score (nSPS) is 30.1. The van der Waals surface area contributed by atoms with Crippen molar-refractivity contribution in [2.75, 3.05) is 46.8 Å². The first-order valence-corrected chi connectivity index (χ1v) is 6.38. The summed E-state index contributed by atoms with van der Waals surface area (Å²) in [6.45, 7) is 4.34. The third-order valence-corrected chi connectivity index (χ3v) is 3.28. The van der Waals surface area contributed by atoms with E-state index in [9.17, 15) is 4.79 Å². The maximum atomic E-state index is 11.2. The van der Waals surface area contributed by atoms with E-state index in [4.69, 9.17) is 14.2 Å². The van der Waals surface area contributed by atoms with Gasteiger partial charge in [0, 0.05) is 19.6 Å². The second-order valence-electron chi connectivity index (χ2n) is 4.64. The number of rotatable bonds is 4. The minimum Gasteiger partial charge on any atom is -0.469 e. The maximum Gasteiger partial charge on any atom is 0.308 e. The van der Waals surface area contributed by atoms with Gasteiger partial charge >= 0.3 is 5.97 Å². The first-order chi connectivity index (χ1) is 8.78. The highest BCUT2D eigenvalue weighted by atomic mass is 16.7. The molecule has 0 N–H and O–H groups in total.